The number of aliphatic carboxylic acids is 1. The molecular formula is C10H16N2O2S. The predicted molar refractivity (Wildman–Crippen MR) is 60.0 cm³/mol. The summed E-state index contributed by atoms with van der Waals surface area (Å²) in [5.41, 5.74) is -0.655. The van der Waals surface area contributed by atoms with Crippen molar-refractivity contribution in [1.82, 2.24) is 9.55 Å². The first-order valence-electron chi connectivity index (χ1n) is 4.77. The lowest BCUT2D eigenvalue weighted by molar-refractivity contribution is -0.146. The summed E-state index contributed by atoms with van der Waals surface area (Å²) in [7, 11) is 1.93. The fourth-order valence-electron chi connectivity index (χ4n) is 0.995. The molecule has 0 atom stereocenters. The number of carboxylic acids is 1. The molecule has 0 radical (unpaired) electrons. The monoisotopic (exact) mass is 228 g/mol. The van der Waals surface area contributed by atoms with Crippen molar-refractivity contribution in [2.75, 3.05) is 5.75 Å². The summed E-state index contributed by atoms with van der Waals surface area (Å²) in [4.78, 5) is 15.0. The van der Waals surface area contributed by atoms with Gasteiger partial charge in [-0.25, -0.2) is 4.98 Å². The molecule has 1 aromatic rings. The van der Waals surface area contributed by atoms with Crippen molar-refractivity contribution in [3.63, 3.8) is 0 Å². The van der Waals surface area contributed by atoms with Crippen LogP contribution in [0.4, 0.5) is 0 Å². The smallest absolute Gasteiger partial charge is 0.309 e. The van der Waals surface area contributed by atoms with E-state index < -0.39 is 11.4 Å². The first-order valence-corrected chi connectivity index (χ1v) is 5.75. The van der Waals surface area contributed by atoms with Crippen molar-refractivity contribution >= 4 is 17.7 Å². The van der Waals surface area contributed by atoms with Crippen LogP contribution in [-0.2, 0) is 11.8 Å². The van der Waals surface area contributed by atoms with Gasteiger partial charge >= 0.3 is 5.97 Å². The van der Waals surface area contributed by atoms with Crippen molar-refractivity contribution in [2.24, 2.45) is 12.5 Å². The van der Waals surface area contributed by atoms with Crippen molar-refractivity contribution in [2.45, 2.75) is 25.4 Å². The summed E-state index contributed by atoms with van der Waals surface area (Å²) < 4.78 is 1.93. The van der Waals surface area contributed by atoms with Crippen LogP contribution in [0.5, 0.6) is 0 Å². The largest absolute Gasteiger partial charge is 0.481 e. The lowest BCUT2D eigenvalue weighted by Crippen LogP contribution is -2.24. The zero-order valence-corrected chi connectivity index (χ0v) is 10.0. The third-order valence-corrected chi connectivity index (χ3v) is 3.37. The number of nitrogens with zero attached hydrogens (tertiary/aromatic N) is 2. The van der Waals surface area contributed by atoms with Crippen LogP contribution < -0.4 is 0 Å². The molecule has 0 aliphatic rings. The second-order valence-corrected chi connectivity index (χ2v) is 5.17. The average Bonchev–Trinajstić information content (AvgIpc) is 2.51. The van der Waals surface area contributed by atoms with E-state index in [2.05, 4.69) is 4.98 Å². The second kappa shape index (κ2) is 4.70. The maximum atomic E-state index is 10.9. The minimum absolute atomic E-state index is 0.639. The van der Waals surface area contributed by atoms with E-state index in [0.29, 0.717) is 6.42 Å². The highest BCUT2D eigenvalue weighted by Crippen LogP contribution is 2.25. The van der Waals surface area contributed by atoms with Crippen molar-refractivity contribution in [1.29, 1.82) is 0 Å². The zero-order valence-electron chi connectivity index (χ0n) is 9.23. The van der Waals surface area contributed by atoms with Gasteiger partial charge in [-0.15, -0.1) is 0 Å². The molecule has 0 saturated carbocycles. The number of hydrogen-bond donors (Lipinski definition) is 1. The first kappa shape index (κ1) is 12.1. The van der Waals surface area contributed by atoms with Crippen LogP contribution in [-0.4, -0.2) is 26.4 Å². The van der Waals surface area contributed by atoms with Crippen molar-refractivity contribution < 1.29 is 9.90 Å². The van der Waals surface area contributed by atoms with Crippen LogP contribution in [0.25, 0.3) is 0 Å². The first-order chi connectivity index (χ1) is 6.93. The number of carbonyl (C=O) groups is 1. The summed E-state index contributed by atoms with van der Waals surface area (Å²) in [6.45, 7) is 3.49. The summed E-state index contributed by atoms with van der Waals surface area (Å²) in [6.07, 6.45) is 4.26. The Labute approximate surface area is 93.7 Å². The summed E-state index contributed by atoms with van der Waals surface area (Å²) in [5, 5.41) is 9.85. The second-order valence-electron chi connectivity index (χ2n) is 4.11. The van der Waals surface area contributed by atoms with Gasteiger partial charge in [-0.3, -0.25) is 4.79 Å². The number of rotatable bonds is 5. The Morgan fingerprint density at radius 1 is 1.67 bits per heavy atom. The molecule has 4 nitrogen and oxygen atoms in total. The number of carboxylic acid groups (broad SMARTS) is 1. The van der Waals surface area contributed by atoms with E-state index >= 15 is 0 Å². The van der Waals surface area contributed by atoms with Crippen molar-refractivity contribution in [3.05, 3.63) is 12.4 Å². The van der Waals surface area contributed by atoms with E-state index in [1.807, 2.05) is 17.8 Å². The molecular weight excluding hydrogens is 212 g/mol. The standard InChI is InChI=1S/C10H16N2O2S/c1-10(2,8(13)14)4-7-15-9-11-5-6-12(9)3/h5-6H,4,7H2,1-3H3,(H,13,14). The van der Waals surface area contributed by atoms with Gasteiger partial charge in [-0.2, -0.15) is 0 Å². The van der Waals surface area contributed by atoms with Crippen LogP contribution >= 0.6 is 11.8 Å². The number of aryl methyl sites for hydroxylation is 1. The van der Waals surface area contributed by atoms with Crippen LogP contribution in [0.15, 0.2) is 17.6 Å². The lowest BCUT2D eigenvalue weighted by atomic mass is 9.91. The highest BCUT2D eigenvalue weighted by atomic mass is 32.2. The minimum Gasteiger partial charge on any atom is -0.481 e. The quantitative estimate of drug-likeness (QED) is 0.783. The van der Waals surface area contributed by atoms with Gasteiger partial charge in [-0.1, -0.05) is 11.8 Å². The fraction of sp³-hybridized carbons (Fsp3) is 0.600. The molecule has 0 aliphatic heterocycles. The highest BCUT2D eigenvalue weighted by molar-refractivity contribution is 7.99. The van der Waals surface area contributed by atoms with E-state index in [9.17, 15) is 4.79 Å². The van der Waals surface area contributed by atoms with Gasteiger partial charge in [0.05, 0.1) is 5.41 Å². The molecule has 1 aromatic heterocycles. The van der Waals surface area contributed by atoms with Gasteiger partial charge < -0.3 is 9.67 Å². The van der Waals surface area contributed by atoms with Crippen LogP contribution in [0, 0.1) is 5.41 Å². The van der Waals surface area contributed by atoms with Crippen LogP contribution in [0.2, 0.25) is 0 Å². The Morgan fingerprint density at radius 2 is 2.33 bits per heavy atom. The van der Waals surface area contributed by atoms with E-state index in [1.54, 1.807) is 31.8 Å². The Balaban J connectivity index is 2.40. The van der Waals surface area contributed by atoms with Gasteiger partial charge in [0.1, 0.15) is 0 Å². The number of imidazole rings is 1. The number of hydrogen-bond acceptors (Lipinski definition) is 3. The van der Waals surface area contributed by atoms with Gasteiger partial charge in [0.2, 0.25) is 0 Å². The predicted octanol–water partition coefficient (Wildman–Crippen LogP) is 2.01. The van der Waals surface area contributed by atoms with E-state index in [1.165, 1.54) is 0 Å². The maximum Gasteiger partial charge on any atom is 0.309 e. The zero-order chi connectivity index (χ0) is 11.5. The molecule has 0 bridgehead atoms. The molecule has 0 saturated heterocycles. The van der Waals surface area contributed by atoms with Gasteiger partial charge in [0.25, 0.3) is 0 Å². The molecule has 1 heterocycles. The van der Waals surface area contributed by atoms with E-state index in [4.69, 9.17) is 5.11 Å². The molecule has 0 amide bonds. The van der Waals surface area contributed by atoms with Gasteiger partial charge in [0, 0.05) is 25.2 Å². The SMILES string of the molecule is Cn1ccnc1SCCC(C)(C)C(=O)O. The molecule has 0 fully saturated rings. The Hall–Kier alpha value is -0.970. The topological polar surface area (TPSA) is 55.1 Å². The molecule has 0 spiro atoms. The summed E-state index contributed by atoms with van der Waals surface area (Å²) in [5.74, 6) is 0.0207. The number of thioether (sulfide) groups is 1. The van der Waals surface area contributed by atoms with E-state index in [-0.39, 0.29) is 0 Å². The summed E-state index contributed by atoms with van der Waals surface area (Å²) in [6, 6.07) is 0. The van der Waals surface area contributed by atoms with E-state index in [0.717, 1.165) is 10.9 Å². The van der Waals surface area contributed by atoms with Crippen LogP contribution in [0.3, 0.4) is 0 Å². The number of aromatic nitrogens is 2. The van der Waals surface area contributed by atoms with Crippen LogP contribution in [0.1, 0.15) is 20.3 Å². The molecule has 1 rings (SSSR count). The maximum absolute atomic E-state index is 10.9. The minimum atomic E-state index is -0.747. The third kappa shape index (κ3) is 3.27. The molecule has 1 N–H and O–H groups in total. The highest BCUT2D eigenvalue weighted by Gasteiger charge is 2.26. The molecule has 0 unspecified atom stereocenters. The molecule has 0 aromatic carbocycles. The normalized spacial score (nSPS) is 11.7. The fourth-order valence-corrected chi connectivity index (χ4v) is 2.19. The molecule has 5 heteroatoms. The summed E-state index contributed by atoms with van der Waals surface area (Å²) >= 11 is 1.59. The average molecular weight is 228 g/mol. The van der Waals surface area contributed by atoms with Crippen molar-refractivity contribution in [3.8, 4) is 0 Å². The van der Waals surface area contributed by atoms with Gasteiger partial charge in [0.15, 0.2) is 5.16 Å². The van der Waals surface area contributed by atoms with Gasteiger partial charge in [-0.05, 0) is 20.3 Å². The molecule has 0 aliphatic carbocycles. The lowest BCUT2D eigenvalue weighted by Gasteiger charge is -2.17. The molecule has 15 heavy (non-hydrogen) atoms. The Morgan fingerprint density at radius 3 is 2.80 bits per heavy atom. The Kier molecular flexibility index (Phi) is 3.79. The Bertz CT molecular complexity index is 347. The third-order valence-electron chi connectivity index (χ3n) is 2.31. The molecule has 84 valence electrons.